The van der Waals surface area contributed by atoms with Gasteiger partial charge in [-0.3, -0.25) is 28.9 Å². The number of carboxylic acids is 1. The van der Waals surface area contributed by atoms with E-state index in [9.17, 15) is 24.0 Å². The number of carboxylic acid groups (broad SMARTS) is 1. The smallest absolute Gasteiger partial charge is 0.325 e. The number of nitrogens with zero attached hydrogens (tertiary/aromatic N) is 1. The van der Waals surface area contributed by atoms with E-state index in [1.807, 2.05) is 6.92 Å². The first-order valence-corrected chi connectivity index (χ1v) is 9.21. The van der Waals surface area contributed by atoms with Crippen LogP contribution in [0.2, 0.25) is 0 Å². The largest absolute Gasteiger partial charge is 0.480 e. The lowest BCUT2D eigenvalue weighted by molar-refractivity contribution is -0.141. The molecule has 4 amide bonds. The zero-order valence-electron chi connectivity index (χ0n) is 16.4. The molecule has 0 saturated carbocycles. The van der Waals surface area contributed by atoms with E-state index in [1.165, 1.54) is 26.0 Å². The van der Waals surface area contributed by atoms with Crippen molar-refractivity contribution in [2.24, 2.45) is 0 Å². The van der Waals surface area contributed by atoms with Crippen LogP contribution in [0, 0.1) is 0 Å². The minimum Gasteiger partial charge on any atom is -0.480 e. The van der Waals surface area contributed by atoms with Gasteiger partial charge >= 0.3 is 5.97 Å². The van der Waals surface area contributed by atoms with Crippen LogP contribution in [0.4, 0.5) is 0 Å². The van der Waals surface area contributed by atoms with E-state index < -0.39 is 24.0 Å². The highest BCUT2D eigenvalue weighted by molar-refractivity contribution is 6.12. The zero-order valence-corrected chi connectivity index (χ0v) is 16.4. The van der Waals surface area contributed by atoms with Crippen molar-refractivity contribution in [3.05, 3.63) is 12.2 Å². The molecule has 4 N–H and O–H groups in total. The van der Waals surface area contributed by atoms with Gasteiger partial charge in [0.2, 0.25) is 11.8 Å². The number of amides is 4. The van der Waals surface area contributed by atoms with E-state index in [4.69, 9.17) is 5.11 Å². The molecule has 0 unspecified atom stereocenters. The van der Waals surface area contributed by atoms with E-state index in [-0.39, 0.29) is 36.7 Å². The number of hydrogen-bond acceptors (Lipinski definition) is 6. The van der Waals surface area contributed by atoms with Crippen LogP contribution < -0.4 is 16.0 Å². The zero-order chi connectivity index (χ0) is 21.3. The third-order valence-corrected chi connectivity index (χ3v) is 4.27. The second-order valence-corrected chi connectivity index (χ2v) is 6.77. The Hall–Kier alpha value is -2.75. The maximum Gasteiger partial charge on any atom is 0.325 e. The standard InChI is InChI=1S/C18H28N4O6/c1-11(19-9-10-22-15(24)7-8-16(22)25)5-4-6-14(23)20-12(2)17(26)21-13(3)18(27)28/h7-8,11-13,19H,4-6,9-10H2,1-3H3,(H,20,23)(H,21,26)(H,27,28)/t11-,12-,13-/m0/s1. The van der Waals surface area contributed by atoms with Crippen LogP contribution in [0.5, 0.6) is 0 Å². The maximum absolute atomic E-state index is 11.9. The van der Waals surface area contributed by atoms with Crippen molar-refractivity contribution >= 4 is 29.6 Å². The van der Waals surface area contributed by atoms with Crippen molar-refractivity contribution in [3.8, 4) is 0 Å². The molecule has 156 valence electrons. The molecule has 10 heteroatoms. The van der Waals surface area contributed by atoms with Crippen LogP contribution in [0.3, 0.4) is 0 Å². The van der Waals surface area contributed by atoms with Crippen LogP contribution in [-0.4, -0.2) is 70.8 Å². The van der Waals surface area contributed by atoms with Gasteiger partial charge in [0, 0.05) is 37.7 Å². The van der Waals surface area contributed by atoms with E-state index in [1.54, 1.807) is 0 Å². The Bertz CT molecular complexity index is 630. The third-order valence-electron chi connectivity index (χ3n) is 4.27. The van der Waals surface area contributed by atoms with Gasteiger partial charge in [-0.1, -0.05) is 0 Å². The number of carbonyl (C=O) groups excluding carboxylic acids is 4. The van der Waals surface area contributed by atoms with Crippen molar-refractivity contribution in [1.29, 1.82) is 0 Å². The average Bonchev–Trinajstić information content (AvgIpc) is 2.93. The van der Waals surface area contributed by atoms with Gasteiger partial charge in [-0.2, -0.15) is 0 Å². The molecule has 10 nitrogen and oxygen atoms in total. The van der Waals surface area contributed by atoms with Crippen LogP contribution in [0.1, 0.15) is 40.0 Å². The molecule has 1 heterocycles. The van der Waals surface area contributed by atoms with Gasteiger partial charge in [0.25, 0.3) is 11.8 Å². The number of hydrogen-bond donors (Lipinski definition) is 4. The summed E-state index contributed by atoms with van der Waals surface area (Å²) in [6.07, 6.45) is 4.00. The minimum absolute atomic E-state index is 0.0886. The summed E-state index contributed by atoms with van der Waals surface area (Å²) in [4.78, 5) is 58.4. The molecule has 0 aromatic rings. The average molecular weight is 396 g/mol. The molecule has 0 fully saturated rings. The second kappa shape index (κ2) is 11.2. The number of nitrogens with one attached hydrogen (secondary N) is 3. The quantitative estimate of drug-likeness (QED) is 0.315. The van der Waals surface area contributed by atoms with Crippen molar-refractivity contribution in [1.82, 2.24) is 20.9 Å². The Morgan fingerprint density at radius 1 is 1.04 bits per heavy atom. The second-order valence-electron chi connectivity index (χ2n) is 6.77. The van der Waals surface area contributed by atoms with Crippen molar-refractivity contribution in [2.75, 3.05) is 13.1 Å². The lowest BCUT2D eigenvalue weighted by Crippen LogP contribution is -2.49. The first kappa shape index (κ1) is 23.3. The summed E-state index contributed by atoms with van der Waals surface area (Å²) in [7, 11) is 0. The number of rotatable bonds is 12. The Morgan fingerprint density at radius 2 is 1.64 bits per heavy atom. The summed E-state index contributed by atoms with van der Waals surface area (Å²) in [6.45, 7) is 5.52. The van der Waals surface area contributed by atoms with Crippen LogP contribution in [0.15, 0.2) is 12.2 Å². The van der Waals surface area contributed by atoms with Gasteiger partial charge in [-0.15, -0.1) is 0 Å². The molecule has 0 bridgehead atoms. The van der Waals surface area contributed by atoms with Crippen LogP contribution in [0.25, 0.3) is 0 Å². The number of imide groups is 1. The molecule has 1 rings (SSSR count). The fourth-order valence-electron chi connectivity index (χ4n) is 2.52. The predicted octanol–water partition coefficient (Wildman–Crippen LogP) is -0.846. The van der Waals surface area contributed by atoms with Gasteiger partial charge in [0.15, 0.2) is 0 Å². The fourth-order valence-corrected chi connectivity index (χ4v) is 2.52. The molecule has 0 saturated heterocycles. The Balaban J connectivity index is 2.17. The first-order chi connectivity index (χ1) is 13.1. The van der Waals surface area contributed by atoms with E-state index >= 15 is 0 Å². The van der Waals surface area contributed by atoms with Gasteiger partial charge < -0.3 is 21.1 Å². The Labute approximate surface area is 163 Å². The molecule has 0 spiro atoms. The molecule has 0 radical (unpaired) electrons. The summed E-state index contributed by atoms with van der Waals surface area (Å²) >= 11 is 0. The molecular formula is C18H28N4O6. The van der Waals surface area contributed by atoms with Gasteiger partial charge in [0.1, 0.15) is 12.1 Å². The molecule has 3 atom stereocenters. The molecule has 1 aliphatic rings. The normalized spacial score (nSPS) is 16.6. The molecule has 1 aliphatic heterocycles. The van der Waals surface area contributed by atoms with Gasteiger partial charge in [0.05, 0.1) is 0 Å². The summed E-state index contributed by atoms with van der Waals surface area (Å²) in [5, 5.41) is 16.8. The number of aliphatic carboxylic acids is 1. The van der Waals surface area contributed by atoms with Crippen molar-refractivity contribution in [3.63, 3.8) is 0 Å². The third kappa shape index (κ3) is 7.87. The molecular weight excluding hydrogens is 368 g/mol. The predicted molar refractivity (Wildman–Crippen MR) is 100 cm³/mol. The van der Waals surface area contributed by atoms with Crippen LogP contribution in [-0.2, 0) is 24.0 Å². The van der Waals surface area contributed by atoms with Gasteiger partial charge in [-0.25, -0.2) is 0 Å². The topological polar surface area (TPSA) is 145 Å². The monoisotopic (exact) mass is 396 g/mol. The summed E-state index contributed by atoms with van der Waals surface area (Å²) < 4.78 is 0. The molecule has 0 aliphatic carbocycles. The highest BCUT2D eigenvalue weighted by atomic mass is 16.4. The fraction of sp³-hybridized carbons (Fsp3) is 0.611. The van der Waals surface area contributed by atoms with E-state index in [2.05, 4.69) is 16.0 Å². The van der Waals surface area contributed by atoms with Gasteiger partial charge in [-0.05, 0) is 33.6 Å². The summed E-state index contributed by atoms with van der Waals surface area (Å²) in [5.41, 5.74) is 0. The molecule has 28 heavy (non-hydrogen) atoms. The molecule has 0 aromatic carbocycles. The highest BCUT2D eigenvalue weighted by Crippen LogP contribution is 2.04. The Morgan fingerprint density at radius 3 is 2.21 bits per heavy atom. The minimum atomic E-state index is -1.15. The highest BCUT2D eigenvalue weighted by Gasteiger charge is 2.23. The summed E-state index contributed by atoms with van der Waals surface area (Å²) in [5.74, 6) is -2.63. The SMILES string of the molecule is C[C@H](NC(=O)[C@H](C)NC(=O)CCC[C@H](C)NCCN1C(=O)C=CC1=O)C(=O)O. The Kier molecular flexibility index (Phi) is 9.29. The lowest BCUT2D eigenvalue weighted by Gasteiger charge is -2.18. The van der Waals surface area contributed by atoms with Crippen LogP contribution >= 0.6 is 0 Å². The maximum atomic E-state index is 11.9. The first-order valence-electron chi connectivity index (χ1n) is 9.21. The summed E-state index contributed by atoms with van der Waals surface area (Å²) in [6, 6.07) is -1.76. The number of carbonyl (C=O) groups is 5. The molecule has 0 aromatic heterocycles. The van der Waals surface area contributed by atoms with Crippen molar-refractivity contribution < 1.29 is 29.1 Å². The lowest BCUT2D eigenvalue weighted by atomic mass is 10.1. The van der Waals surface area contributed by atoms with Crippen molar-refractivity contribution in [2.45, 2.75) is 58.2 Å². The van der Waals surface area contributed by atoms with E-state index in [0.29, 0.717) is 19.4 Å². The van der Waals surface area contributed by atoms with E-state index in [0.717, 1.165) is 4.90 Å².